The molecule has 0 saturated carbocycles. The van der Waals surface area contributed by atoms with Gasteiger partial charge in [-0.15, -0.1) is 0 Å². The van der Waals surface area contributed by atoms with E-state index in [0.29, 0.717) is 26.4 Å². The first-order valence-electron chi connectivity index (χ1n) is 6.64. The first-order chi connectivity index (χ1) is 10.1. The Morgan fingerprint density at radius 2 is 1.43 bits per heavy atom. The molecule has 1 N–H and O–H groups in total. The van der Waals surface area contributed by atoms with Crippen LogP contribution in [0.2, 0.25) is 0 Å². The zero-order valence-electron chi connectivity index (χ0n) is 12.5. The lowest BCUT2D eigenvalue weighted by atomic mass is 10.3. The number of carboxylic acids is 1. The molecule has 0 atom stereocenters. The van der Waals surface area contributed by atoms with Crippen LogP contribution in [0.5, 0.6) is 0 Å². The van der Waals surface area contributed by atoms with Crippen LogP contribution in [0.15, 0.2) is 0 Å². The fraction of sp³-hybridized carbons (Fsp3) is 0.846. The molecule has 8 heteroatoms. The Kier molecular flexibility index (Phi) is 13.0. The fourth-order valence-corrected chi connectivity index (χ4v) is 1.28. The zero-order valence-corrected chi connectivity index (χ0v) is 12.5. The van der Waals surface area contributed by atoms with Gasteiger partial charge in [0.25, 0.3) is 0 Å². The van der Waals surface area contributed by atoms with E-state index in [9.17, 15) is 9.59 Å². The molecule has 0 aliphatic rings. The van der Waals surface area contributed by atoms with E-state index in [1.807, 2.05) is 0 Å². The minimum absolute atomic E-state index is 0.162. The summed E-state index contributed by atoms with van der Waals surface area (Å²) in [6, 6.07) is 0. The van der Waals surface area contributed by atoms with Crippen molar-refractivity contribution < 1.29 is 38.4 Å². The number of ether oxygens (including phenoxy) is 5. The van der Waals surface area contributed by atoms with Crippen LogP contribution in [0, 0.1) is 0 Å². The van der Waals surface area contributed by atoms with Crippen molar-refractivity contribution >= 4 is 11.9 Å². The average Bonchev–Trinajstić information content (AvgIpc) is 2.45. The predicted molar refractivity (Wildman–Crippen MR) is 72.1 cm³/mol. The minimum atomic E-state index is -1.05. The van der Waals surface area contributed by atoms with Crippen molar-refractivity contribution in [1.29, 1.82) is 0 Å². The van der Waals surface area contributed by atoms with E-state index in [0.717, 1.165) is 0 Å². The van der Waals surface area contributed by atoms with Gasteiger partial charge in [0, 0.05) is 14.2 Å². The molecule has 0 aliphatic carbocycles. The van der Waals surface area contributed by atoms with Crippen LogP contribution >= 0.6 is 0 Å². The van der Waals surface area contributed by atoms with Crippen molar-refractivity contribution in [2.75, 3.05) is 53.9 Å². The van der Waals surface area contributed by atoms with Gasteiger partial charge >= 0.3 is 11.9 Å². The van der Waals surface area contributed by atoms with Crippen LogP contribution in [0.4, 0.5) is 0 Å². The lowest BCUT2D eigenvalue weighted by molar-refractivity contribution is -0.158. The Hall–Kier alpha value is -1.22. The van der Waals surface area contributed by atoms with Gasteiger partial charge in [-0.05, 0) is 0 Å². The van der Waals surface area contributed by atoms with Gasteiger partial charge in [0.05, 0.1) is 52.5 Å². The zero-order chi connectivity index (χ0) is 15.9. The molecule has 0 radical (unpaired) electrons. The summed E-state index contributed by atoms with van der Waals surface area (Å²) < 4.78 is 25.4. The molecule has 0 aromatic carbocycles. The summed E-state index contributed by atoms with van der Waals surface area (Å²) in [6.45, 7) is 1.94. The van der Waals surface area contributed by atoms with Gasteiger partial charge in [-0.3, -0.25) is 9.59 Å². The summed E-state index contributed by atoms with van der Waals surface area (Å²) in [5.41, 5.74) is 0. The van der Waals surface area contributed by atoms with Crippen molar-refractivity contribution in [3.8, 4) is 0 Å². The summed E-state index contributed by atoms with van der Waals surface area (Å²) in [5, 5.41) is 8.51. The van der Waals surface area contributed by atoms with Crippen molar-refractivity contribution in [3.05, 3.63) is 0 Å². The maximum atomic E-state index is 11.5. The third-order valence-electron chi connectivity index (χ3n) is 2.31. The summed E-state index contributed by atoms with van der Waals surface area (Å²) >= 11 is 0. The van der Waals surface area contributed by atoms with E-state index in [2.05, 4.69) is 0 Å². The standard InChI is InChI=1S/C13H24O8/c1-17-5-7-19-9-11(10-20-8-6-18-2)21-13(16)4-3-12(14)15/h11H,3-10H2,1-2H3,(H,14,15). The molecule has 0 aromatic rings. The molecule has 0 aliphatic heterocycles. The number of methoxy groups -OCH3 is 2. The molecule has 8 nitrogen and oxygen atoms in total. The molecule has 0 aromatic heterocycles. The topological polar surface area (TPSA) is 101 Å². The number of hydrogen-bond donors (Lipinski definition) is 1. The van der Waals surface area contributed by atoms with Crippen molar-refractivity contribution in [2.24, 2.45) is 0 Å². The minimum Gasteiger partial charge on any atom is -0.481 e. The van der Waals surface area contributed by atoms with Gasteiger partial charge < -0.3 is 28.8 Å². The second kappa shape index (κ2) is 13.7. The summed E-state index contributed by atoms with van der Waals surface area (Å²) in [7, 11) is 3.11. The van der Waals surface area contributed by atoms with Crippen LogP contribution in [0.25, 0.3) is 0 Å². The van der Waals surface area contributed by atoms with E-state index in [-0.39, 0.29) is 26.1 Å². The number of rotatable bonds is 14. The Labute approximate surface area is 124 Å². The highest BCUT2D eigenvalue weighted by Crippen LogP contribution is 2.01. The largest absolute Gasteiger partial charge is 0.481 e. The lowest BCUT2D eigenvalue weighted by Gasteiger charge is -2.18. The van der Waals surface area contributed by atoms with Crippen LogP contribution in [-0.4, -0.2) is 77.0 Å². The number of carbonyl (C=O) groups excluding carboxylic acids is 1. The predicted octanol–water partition coefficient (Wildman–Crippen LogP) is 0.0890. The maximum absolute atomic E-state index is 11.5. The normalized spacial score (nSPS) is 10.8. The molecule has 0 rings (SSSR count). The number of carbonyl (C=O) groups is 2. The molecule has 0 amide bonds. The van der Waals surface area contributed by atoms with Crippen molar-refractivity contribution in [1.82, 2.24) is 0 Å². The number of carboxylic acid groups (broad SMARTS) is 1. The van der Waals surface area contributed by atoms with Crippen LogP contribution in [0.1, 0.15) is 12.8 Å². The second-order valence-corrected chi connectivity index (χ2v) is 4.14. The lowest BCUT2D eigenvalue weighted by Crippen LogP contribution is -2.30. The first-order valence-corrected chi connectivity index (χ1v) is 6.64. The number of aliphatic carboxylic acids is 1. The molecule has 21 heavy (non-hydrogen) atoms. The summed E-state index contributed by atoms with van der Waals surface area (Å²) in [5.74, 6) is -1.63. The van der Waals surface area contributed by atoms with E-state index < -0.39 is 18.0 Å². The molecule has 0 unspecified atom stereocenters. The van der Waals surface area contributed by atoms with Crippen LogP contribution in [-0.2, 0) is 33.3 Å². The highest BCUT2D eigenvalue weighted by atomic mass is 16.6. The molecule has 0 bridgehead atoms. The molecule has 124 valence electrons. The van der Waals surface area contributed by atoms with Crippen LogP contribution in [0.3, 0.4) is 0 Å². The fourth-order valence-electron chi connectivity index (χ4n) is 1.28. The molecular formula is C13H24O8. The molecule has 0 fully saturated rings. The number of hydrogen-bond acceptors (Lipinski definition) is 7. The van der Waals surface area contributed by atoms with E-state index >= 15 is 0 Å². The highest BCUT2D eigenvalue weighted by Gasteiger charge is 2.16. The third kappa shape index (κ3) is 13.5. The van der Waals surface area contributed by atoms with Crippen molar-refractivity contribution in [3.63, 3.8) is 0 Å². The van der Waals surface area contributed by atoms with Gasteiger partial charge in [0.15, 0.2) is 0 Å². The molecule has 0 spiro atoms. The second-order valence-electron chi connectivity index (χ2n) is 4.14. The van der Waals surface area contributed by atoms with E-state index in [1.165, 1.54) is 0 Å². The Morgan fingerprint density at radius 1 is 0.905 bits per heavy atom. The van der Waals surface area contributed by atoms with Crippen molar-refractivity contribution in [2.45, 2.75) is 18.9 Å². The van der Waals surface area contributed by atoms with Gasteiger partial charge in [0.2, 0.25) is 0 Å². The van der Waals surface area contributed by atoms with Gasteiger partial charge in [-0.1, -0.05) is 0 Å². The maximum Gasteiger partial charge on any atom is 0.306 e. The Morgan fingerprint density at radius 3 is 1.86 bits per heavy atom. The molecular weight excluding hydrogens is 284 g/mol. The number of esters is 1. The third-order valence-corrected chi connectivity index (χ3v) is 2.31. The smallest absolute Gasteiger partial charge is 0.306 e. The van der Waals surface area contributed by atoms with Gasteiger partial charge in [-0.25, -0.2) is 0 Å². The Balaban J connectivity index is 4.02. The average molecular weight is 308 g/mol. The van der Waals surface area contributed by atoms with E-state index in [4.69, 9.17) is 28.8 Å². The van der Waals surface area contributed by atoms with E-state index in [1.54, 1.807) is 14.2 Å². The summed E-state index contributed by atoms with van der Waals surface area (Å²) in [4.78, 5) is 21.9. The SMILES string of the molecule is COCCOCC(COCCOC)OC(=O)CCC(=O)O. The Bertz CT molecular complexity index is 269. The molecule has 0 heterocycles. The monoisotopic (exact) mass is 308 g/mol. The summed E-state index contributed by atoms with van der Waals surface area (Å²) in [6.07, 6.45) is -1.03. The highest BCUT2D eigenvalue weighted by molar-refractivity contribution is 5.76. The van der Waals surface area contributed by atoms with Gasteiger partial charge in [-0.2, -0.15) is 0 Å². The van der Waals surface area contributed by atoms with Crippen LogP contribution < -0.4 is 0 Å². The van der Waals surface area contributed by atoms with Gasteiger partial charge in [0.1, 0.15) is 6.10 Å². The quantitative estimate of drug-likeness (QED) is 0.356. The molecule has 0 saturated heterocycles. The first kappa shape index (κ1) is 19.8.